The maximum Gasteiger partial charge on any atom is 0.359 e. The maximum absolute atomic E-state index is 12.2. The molecule has 1 aliphatic rings. The van der Waals surface area contributed by atoms with E-state index in [0.717, 1.165) is 37.9 Å². The molecule has 0 aromatic carbocycles. The predicted molar refractivity (Wildman–Crippen MR) is 76.7 cm³/mol. The van der Waals surface area contributed by atoms with E-state index in [1.807, 2.05) is 4.90 Å². The van der Waals surface area contributed by atoms with Crippen LogP contribution in [-0.2, 0) is 9.53 Å². The second-order valence-electron chi connectivity index (χ2n) is 5.26. The molecule has 1 atom stereocenters. The summed E-state index contributed by atoms with van der Waals surface area (Å²) in [6.45, 7) is 4.38. The Bertz CT molecular complexity index is 501. The van der Waals surface area contributed by atoms with Crippen molar-refractivity contribution in [2.75, 3.05) is 13.2 Å². The molecule has 0 spiro atoms. The number of nitrogens with zero attached hydrogens (tertiary/aromatic N) is 3. The highest BCUT2D eigenvalue weighted by atomic mass is 16.5. The molecule has 0 N–H and O–H groups in total. The zero-order valence-electron chi connectivity index (χ0n) is 12.5. The van der Waals surface area contributed by atoms with Gasteiger partial charge in [-0.1, -0.05) is 6.92 Å². The Morgan fingerprint density at radius 2 is 2.14 bits per heavy atom. The normalized spacial score (nSPS) is 18.4. The van der Waals surface area contributed by atoms with Gasteiger partial charge in [0.1, 0.15) is 0 Å². The number of esters is 1. The van der Waals surface area contributed by atoms with Crippen molar-refractivity contribution in [3.63, 3.8) is 0 Å². The molecule has 1 aliphatic heterocycles. The zero-order chi connectivity index (χ0) is 15.2. The molecular weight excluding hydrogens is 270 g/mol. The number of ether oxygens (including phenoxy) is 1. The van der Waals surface area contributed by atoms with Crippen molar-refractivity contribution in [1.82, 2.24) is 14.9 Å². The van der Waals surface area contributed by atoms with Crippen LogP contribution in [0.25, 0.3) is 0 Å². The Kier molecular flexibility index (Phi) is 5.25. The number of carbonyl (C=O) groups excluding carboxylic acids is 2. The lowest BCUT2D eigenvalue weighted by Crippen LogP contribution is -2.45. The molecule has 114 valence electrons. The highest BCUT2D eigenvalue weighted by Gasteiger charge is 2.26. The summed E-state index contributed by atoms with van der Waals surface area (Å²) in [5, 5.41) is 0. The molecule has 0 bridgehead atoms. The van der Waals surface area contributed by atoms with Gasteiger partial charge in [0.15, 0.2) is 12.3 Å². The van der Waals surface area contributed by atoms with Crippen LogP contribution in [0.3, 0.4) is 0 Å². The molecule has 21 heavy (non-hydrogen) atoms. The van der Waals surface area contributed by atoms with Crippen molar-refractivity contribution in [2.45, 2.75) is 45.6 Å². The van der Waals surface area contributed by atoms with E-state index < -0.39 is 5.97 Å². The van der Waals surface area contributed by atoms with E-state index in [0.29, 0.717) is 0 Å². The number of aromatic nitrogens is 2. The van der Waals surface area contributed by atoms with Crippen LogP contribution in [-0.4, -0.2) is 45.9 Å². The summed E-state index contributed by atoms with van der Waals surface area (Å²) in [7, 11) is 0. The van der Waals surface area contributed by atoms with Crippen molar-refractivity contribution < 1.29 is 14.3 Å². The van der Waals surface area contributed by atoms with Crippen LogP contribution in [0.15, 0.2) is 12.4 Å². The minimum atomic E-state index is -0.610. The number of amides is 1. The van der Waals surface area contributed by atoms with Gasteiger partial charge in [0, 0.05) is 18.8 Å². The standard InChI is InChI=1S/C15H21N3O3/c1-3-12-6-4-5-7-18(12)14(19)10-21-15(20)13-9-16-11(2)8-17-13/h8-9,12H,3-7,10H2,1-2H3. The molecule has 0 saturated carbocycles. The van der Waals surface area contributed by atoms with E-state index in [1.165, 1.54) is 12.4 Å². The predicted octanol–water partition coefficient (Wildman–Crippen LogP) is 1.73. The van der Waals surface area contributed by atoms with Gasteiger partial charge in [0.05, 0.1) is 11.9 Å². The van der Waals surface area contributed by atoms with Crippen LogP contribution < -0.4 is 0 Å². The van der Waals surface area contributed by atoms with Gasteiger partial charge >= 0.3 is 5.97 Å². The number of hydrogen-bond donors (Lipinski definition) is 0. The van der Waals surface area contributed by atoms with Gasteiger partial charge in [0.25, 0.3) is 5.91 Å². The monoisotopic (exact) mass is 291 g/mol. The molecule has 0 radical (unpaired) electrons. The van der Waals surface area contributed by atoms with Gasteiger partial charge in [-0.25, -0.2) is 9.78 Å². The summed E-state index contributed by atoms with van der Waals surface area (Å²) >= 11 is 0. The molecule has 6 nitrogen and oxygen atoms in total. The second kappa shape index (κ2) is 7.15. The Morgan fingerprint density at radius 1 is 1.33 bits per heavy atom. The summed E-state index contributed by atoms with van der Waals surface area (Å²) in [4.78, 5) is 33.7. The Balaban J connectivity index is 1.88. The topological polar surface area (TPSA) is 72.4 Å². The number of piperidine rings is 1. The molecule has 2 rings (SSSR count). The van der Waals surface area contributed by atoms with Crippen LogP contribution in [0.1, 0.15) is 48.8 Å². The first-order valence-electron chi connectivity index (χ1n) is 7.37. The van der Waals surface area contributed by atoms with Gasteiger partial charge in [-0.15, -0.1) is 0 Å². The zero-order valence-corrected chi connectivity index (χ0v) is 12.5. The molecule has 6 heteroatoms. The average molecular weight is 291 g/mol. The van der Waals surface area contributed by atoms with Crippen molar-refractivity contribution in [3.8, 4) is 0 Å². The molecule has 1 amide bonds. The van der Waals surface area contributed by atoms with Crippen molar-refractivity contribution in [2.24, 2.45) is 0 Å². The van der Waals surface area contributed by atoms with Crippen LogP contribution in [0, 0.1) is 6.92 Å². The lowest BCUT2D eigenvalue weighted by Gasteiger charge is -2.35. The van der Waals surface area contributed by atoms with Crippen molar-refractivity contribution >= 4 is 11.9 Å². The fraction of sp³-hybridized carbons (Fsp3) is 0.600. The molecule has 1 unspecified atom stereocenters. The van der Waals surface area contributed by atoms with E-state index in [1.54, 1.807) is 6.92 Å². The molecule has 1 aromatic rings. The summed E-state index contributed by atoms with van der Waals surface area (Å²) in [5.74, 6) is -0.740. The Morgan fingerprint density at radius 3 is 2.81 bits per heavy atom. The fourth-order valence-corrected chi connectivity index (χ4v) is 2.54. The quantitative estimate of drug-likeness (QED) is 0.790. The highest BCUT2D eigenvalue weighted by molar-refractivity contribution is 5.89. The number of carbonyl (C=O) groups is 2. The minimum Gasteiger partial charge on any atom is -0.451 e. The first-order valence-corrected chi connectivity index (χ1v) is 7.37. The Hall–Kier alpha value is -1.98. The molecule has 2 heterocycles. The van der Waals surface area contributed by atoms with E-state index in [-0.39, 0.29) is 24.2 Å². The maximum atomic E-state index is 12.2. The van der Waals surface area contributed by atoms with E-state index in [2.05, 4.69) is 16.9 Å². The number of likely N-dealkylation sites (tertiary alicyclic amines) is 1. The summed E-state index contributed by atoms with van der Waals surface area (Å²) in [6, 6.07) is 0.268. The fourth-order valence-electron chi connectivity index (χ4n) is 2.54. The summed E-state index contributed by atoms with van der Waals surface area (Å²) in [6.07, 6.45) is 6.98. The lowest BCUT2D eigenvalue weighted by atomic mass is 10.00. The third kappa shape index (κ3) is 4.00. The SMILES string of the molecule is CCC1CCCCN1C(=O)COC(=O)c1cnc(C)cn1. The lowest BCUT2D eigenvalue weighted by molar-refractivity contribution is -0.138. The van der Waals surface area contributed by atoms with Gasteiger partial charge in [-0.05, 0) is 32.6 Å². The van der Waals surface area contributed by atoms with Crippen LogP contribution in [0.2, 0.25) is 0 Å². The molecule has 1 saturated heterocycles. The Labute approximate surface area is 124 Å². The second-order valence-corrected chi connectivity index (χ2v) is 5.26. The van der Waals surface area contributed by atoms with Gasteiger partial charge in [0.2, 0.25) is 0 Å². The largest absolute Gasteiger partial charge is 0.451 e. The number of rotatable bonds is 4. The van der Waals surface area contributed by atoms with Crippen molar-refractivity contribution in [3.05, 3.63) is 23.8 Å². The summed E-state index contributed by atoms with van der Waals surface area (Å²) in [5.41, 5.74) is 0.848. The van der Waals surface area contributed by atoms with E-state index >= 15 is 0 Å². The van der Waals surface area contributed by atoms with E-state index in [4.69, 9.17) is 4.74 Å². The number of aryl methyl sites for hydroxylation is 1. The molecular formula is C15H21N3O3. The number of hydrogen-bond acceptors (Lipinski definition) is 5. The molecule has 1 fully saturated rings. The summed E-state index contributed by atoms with van der Waals surface area (Å²) < 4.78 is 5.04. The molecule has 0 aliphatic carbocycles. The first kappa shape index (κ1) is 15.4. The van der Waals surface area contributed by atoms with Crippen molar-refractivity contribution in [1.29, 1.82) is 0 Å². The van der Waals surface area contributed by atoms with E-state index in [9.17, 15) is 9.59 Å². The first-order chi connectivity index (χ1) is 10.1. The third-order valence-electron chi connectivity index (χ3n) is 3.74. The van der Waals surface area contributed by atoms with Crippen LogP contribution >= 0.6 is 0 Å². The van der Waals surface area contributed by atoms with Gasteiger partial charge < -0.3 is 9.64 Å². The average Bonchev–Trinajstić information content (AvgIpc) is 2.52. The smallest absolute Gasteiger partial charge is 0.359 e. The van der Waals surface area contributed by atoms with Crippen LogP contribution in [0.4, 0.5) is 0 Å². The van der Waals surface area contributed by atoms with Gasteiger partial charge in [-0.3, -0.25) is 9.78 Å². The highest BCUT2D eigenvalue weighted by Crippen LogP contribution is 2.19. The minimum absolute atomic E-state index is 0.124. The van der Waals surface area contributed by atoms with Crippen LogP contribution in [0.5, 0.6) is 0 Å². The third-order valence-corrected chi connectivity index (χ3v) is 3.74. The van der Waals surface area contributed by atoms with Gasteiger partial charge in [-0.2, -0.15) is 0 Å². The molecule has 1 aromatic heterocycles.